The summed E-state index contributed by atoms with van der Waals surface area (Å²) in [6.07, 6.45) is 1.80. The van der Waals surface area contributed by atoms with Crippen molar-refractivity contribution < 1.29 is 14.7 Å². The predicted molar refractivity (Wildman–Crippen MR) is 94.9 cm³/mol. The maximum absolute atomic E-state index is 11.5. The van der Waals surface area contributed by atoms with Gasteiger partial charge in [0.05, 0.1) is 0 Å². The van der Waals surface area contributed by atoms with Crippen LogP contribution in [0.2, 0.25) is 0 Å². The molecule has 5 nitrogen and oxygen atoms in total. The first-order valence-corrected chi connectivity index (χ1v) is 7.75. The van der Waals surface area contributed by atoms with Crippen molar-refractivity contribution in [1.29, 1.82) is 0 Å². The summed E-state index contributed by atoms with van der Waals surface area (Å²) in [7, 11) is 0. The van der Waals surface area contributed by atoms with Gasteiger partial charge in [-0.2, -0.15) is 0 Å². The molecule has 0 atom stereocenters. The van der Waals surface area contributed by atoms with Crippen molar-refractivity contribution in [3.05, 3.63) is 77.9 Å². The quantitative estimate of drug-likeness (QED) is 0.424. The van der Waals surface area contributed by atoms with E-state index in [1.807, 2.05) is 54.6 Å². The molecule has 0 unspecified atom stereocenters. The first-order valence-electron chi connectivity index (χ1n) is 7.75. The number of rotatable bonds is 2. The molecule has 1 aliphatic rings. The molecule has 0 saturated carbocycles. The number of nitrogens with zero attached hydrogens (tertiary/aromatic N) is 1. The summed E-state index contributed by atoms with van der Waals surface area (Å²) in [5, 5.41) is 8.72. The van der Waals surface area contributed by atoms with E-state index in [1.54, 1.807) is 23.8 Å². The lowest BCUT2D eigenvalue weighted by molar-refractivity contribution is 0.0706. The standard InChI is InChI=1S/C20H14N2O3/c23-20(22-24)14-10-8-13(9-11-14)15-4-3-7-18-16(15)12-21-17-5-1-2-6-19(17)25-18/h1-12,24H,(H,22,23). The number of benzene rings is 3. The molecule has 0 radical (unpaired) electrons. The van der Waals surface area contributed by atoms with Crippen molar-refractivity contribution in [2.24, 2.45) is 4.99 Å². The minimum Gasteiger partial charge on any atom is -0.454 e. The van der Waals surface area contributed by atoms with Crippen molar-refractivity contribution in [2.45, 2.75) is 0 Å². The molecule has 25 heavy (non-hydrogen) atoms. The zero-order chi connectivity index (χ0) is 17.2. The summed E-state index contributed by atoms with van der Waals surface area (Å²) in [5.74, 6) is 0.895. The summed E-state index contributed by atoms with van der Waals surface area (Å²) in [6.45, 7) is 0. The number of hydrogen-bond donors (Lipinski definition) is 2. The number of amides is 1. The van der Waals surface area contributed by atoms with Gasteiger partial charge in [0, 0.05) is 17.3 Å². The van der Waals surface area contributed by atoms with Crippen molar-refractivity contribution >= 4 is 17.8 Å². The number of aliphatic imine (C=N–C) groups is 1. The molecule has 1 aliphatic heterocycles. The number of carbonyl (C=O) groups excluding carboxylic acids is 1. The second-order valence-electron chi connectivity index (χ2n) is 5.56. The molecule has 0 aromatic heterocycles. The monoisotopic (exact) mass is 330 g/mol. The van der Waals surface area contributed by atoms with E-state index in [1.165, 1.54) is 0 Å². The van der Waals surface area contributed by atoms with Crippen molar-refractivity contribution in [2.75, 3.05) is 0 Å². The highest BCUT2D eigenvalue weighted by Crippen LogP contribution is 2.38. The third-order valence-corrected chi connectivity index (χ3v) is 4.04. The van der Waals surface area contributed by atoms with Crippen molar-refractivity contribution in [1.82, 2.24) is 5.48 Å². The van der Waals surface area contributed by atoms with Gasteiger partial charge in [-0.25, -0.2) is 5.48 Å². The van der Waals surface area contributed by atoms with Crippen molar-refractivity contribution in [3.8, 4) is 22.6 Å². The van der Waals surface area contributed by atoms with Gasteiger partial charge < -0.3 is 4.74 Å². The van der Waals surface area contributed by atoms with Crippen LogP contribution in [0.25, 0.3) is 11.1 Å². The van der Waals surface area contributed by atoms with Crippen LogP contribution in [-0.4, -0.2) is 17.3 Å². The van der Waals surface area contributed by atoms with Gasteiger partial charge in [0.25, 0.3) is 5.91 Å². The fraction of sp³-hybridized carbons (Fsp3) is 0. The van der Waals surface area contributed by atoms with Gasteiger partial charge in [-0.1, -0.05) is 36.4 Å². The van der Waals surface area contributed by atoms with Crippen molar-refractivity contribution in [3.63, 3.8) is 0 Å². The Kier molecular flexibility index (Phi) is 3.76. The Morgan fingerprint density at radius 1 is 0.920 bits per heavy atom. The number of nitrogens with one attached hydrogen (secondary N) is 1. The van der Waals surface area contributed by atoms with Crippen LogP contribution in [0.3, 0.4) is 0 Å². The van der Waals surface area contributed by atoms with E-state index in [2.05, 4.69) is 4.99 Å². The highest BCUT2D eigenvalue weighted by Gasteiger charge is 2.15. The predicted octanol–water partition coefficient (Wildman–Crippen LogP) is 4.33. The van der Waals surface area contributed by atoms with Gasteiger partial charge in [0.15, 0.2) is 5.75 Å². The van der Waals surface area contributed by atoms with Crippen LogP contribution >= 0.6 is 0 Å². The number of ether oxygens (including phenoxy) is 1. The minimum absolute atomic E-state index is 0.380. The van der Waals surface area contributed by atoms with Crippen LogP contribution in [-0.2, 0) is 0 Å². The average Bonchev–Trinajstić information content (AvgIpc) is 2.86. The van der Waals surface area contributed by atoms with E-state index >= 15 is 0 Å². The normalized spacial score (nSPS) is 11.7. The van der Waals surface area contributed by atoms with E-state index in [-0.39, 0.29) is 0 Å². The third kappa shape index (κ3) is 2.77. The summed E-state index contributed by atoms with van der Waals surface area (Å²) in [6, 6.07) is 20.4. The maximum Gasteiger partial charge on any atom is 0.274 e. The van der Waals surface area contributed by atoms with Gasteiger partial charge in [0.2, 0.25) is 0 Å². The van der Waals surface area contributed by atoms with Gasteiger partial charge in [-0.15, -0.1) is 0 Å². The third-order valence-electron chi connectivity index (χ3n) is 4.04. The summed E-state index contributed by atoms with van der Waals surface area (Å²) in [4.78, 5) is 16.0. The second kappa shape index (κ2) is 6.22. The smallest absolute Gasteiger partial charge is 0.274 e. The molecule has 3 aromatic carbocycles. The topological polar surface area (TPSA) is 70.9 Å². The molecule has 3 aromatic rings. The first-order chi connectivity index (χ1) is 12.3. The van der Waals surface area contributed by atoms with Gasteiger partial charge in [0.1, 0.15) is 11.4 Å². The molecule has 5 heteroatoms. The molecule has 0 bridgehead atoms. The van der Waals surface area contributed by atoms with Crippen LogP contribution in [0.4, 0.5) is 5.69 Å². The van der Waals surface area contributed by atoms with Gasteiger partial charge >= 0.3 is 0 Å². The fourth-order valence-corrected chi connectivity index (χ4v) is 2.79. The molecule has 4 rings (SSSR count). The molecular weight excluding hydrogens is 316 g/mol. The Morgan fingerprint density at radius 3 is 2.48 bits per heavy atom. The fourth-order valence-electron chi connectivity index (χ4n) is 2.79. The lowest BCUT2D eigenvalue weighted by Crippen LogP contribution is -2.18. The number of hydroxylamine groups is 1. The molecule has 1 heterocycles. The SMILES string of the molecule is O=C(NO)c1ccc(-c2cccc3c2C=Nc2ccccc2O3)cc1. The maximum atomic E-state index is 11.5. The summed E-state index contributed by atoms with van der Waals surface area (Å²) < 4.78 is 6.02. The zero-order valence-electron chi connectivity index (χ0n) is 13.1. The Hall–Kier alpha value is -3.44. The number of fused-ring (bicyclic) bond motifs is 2. The van der Waals surface area contributed by atoms with Crippen LogP contribution in [0.5, 0.6) is 11.5 Å². The van der Waals surface area contributed by atoms with E-state index in [0.717, 1.165) is 28.1 Å². The largest absolute Gasteiger partial charge is 0.454 e. The number of para-hydroxylation sites is 2. The van der Waals surface area contributed by atoms with Crippen LogP contribution in [0, 0.1) is 0 Å². The van der Waals surface area contributed by atoms with Crippen LogP contribution in [0.15, 0.2) is 71.7 Å². The molecule has 0 fully saturated rings. The summed E-state index contributed by atoms with van der Waals surface area (Å²) >= 11 is 0. The zero-order valence-corrected chi connectivity index (χ0v) is 13.1. The molecule has 2 N–H and O–H groups in total. The molecular formula is C20H14N2O3. The van der Waals surface area contributed by atoms with Gasteiger partial charge in [-0.05, 0) is 41.5 Å². The number of hydrogen-bond acceptors (Lipinski definition) is 4. The Bertz CT molecular complexity index is 978. The lowest BCUT2D eigenvalue weighted by atomic mass is 9.98. The first kappa shape index (κ1) is 15.1. The highest BCUT2D eigenvalue weighted by atomic mass is 16.5. The minimum atomic E-state index is -0.543. The molecule has 1 amide bonds. The lowest BCUT2D eigenvalue weighted by Gasteiger charge is -2.11. The molecule has 0 spiro atoms. The highest BCUT2D eigenvalue weighted by molar-refractivity contribution is 5.97. The van der Waals surface area contributed by atoms with Gasteiger partial charge in [-0.3, -0.25) is 15.0 Å². The molecule has 122 valence electrons. The number of carbonyl (C=O) groups is 1. The average molecular weight is 330 g/mol. The van der Waals surface area contributed by atoms with Crippen LogP contribution in [0.1, 0.15) is 15.9 Å². The summed E-state index contributed by atoms with van der Waals surface area (Å²) in [5.41, 5.74) is 5.53. The Labute approximate surface area is 144 Å². The molecule has 0 aliphatic carbocycles. The second-order valence-corrected chi connectivity index (χ2v) is 5.56. The van der Waals surface area contributed by atoms with E-state index in [0.29, 0.717) is 11.3 Å². The van der Waals surface area contributed by atoms with Crippen LogP contribution < -0.4 is 10.2 Å². The Balaban J connectivity index is 1.78. The van der Waals surface area contributed by atoms with E-state index in [9.17, 15) is 4.79 Å². The van der Waals surface area contributed by atoms with E-state index in [4.69, 9.17) is 9.94 Å². The molecule has 0 saturated heterocycles. The van der Waals surface area contributed by atoms with E-state index < -0.39 is 5.91 Å². The Morgan fingerprint density at radius 2 is 1.68 bits per heavy atom.